The SMILES string of the molecule is COc1ccc(CN(C)CC(=O)N2CCN(Cc3cccs3)CC2)cc1OC. The van der Waals surface area contributed by atoms with Crippen LogP contribution in [0.3, 0.4) is 0 Å². The molecule has 0 N–H and O–H groups in total. The first kappa shape index (κ1) is 20.6. The summed E-state index contributed by atoms with van der Waals surface area (Å²) in [5.41, 5.74) is 1.09. The van der Waals surface area contributed by atoms with Crippen LogP contribution in [0.2, 0.25) is 0 Å². The zero-order valence-corrected chi connectivity index (χ0v) is 17.7. The number of carbonyl (C=O) groups excluding carboxylic acids is 1. The lowest BCUT2D eigenvalue weighted by atomic mass is 10.2. The second kappa shape index (κ2) is 9.91. The molecule has 28 heavy (non-hydrogen) atoms. The third kappa shape index (κ3) is 5.47. The Morgan fingerprint density at radius 1 is 1.11 bits per heavy atom. The van der Waals surface area contributed by atoms with Crippen LogP contribution in [0.1, 0.15) is 10.4 Å². The highest BCUT2D eigenvalue weighted by atomic mass is 32.1. The van der Waals surface area contributed by atoms with Crippen LogP contribution in [0.15, 0.2) is 35.7 Å². The highest BCUT2D eigenvalue weighted by Gasteiger charge is 2.22. The molecule has 1 aromatic heterocycles. The Kier molecular flexibility index (Phi) is 7.30. The molecule has 0 aliphatic carbocycles. The van der Waals surface area contributed by atoms with Crippen molar-refractivity contribution >= 4 is 17.2 Å². The van der Waals surface area contributed by atoms with Gasteiger partial charge >= 0.3 is 0 Å². The van der Waals surface area contributed by atoms with E-state index in [1.54, 1.807) is 25.6 Å². The topological polar surface area (TPSA) is 45.2 Å². The minimum absolute atomic E-state index is 0.193. The molecule has 1 saturated heterocycles. The summed E-state index contributed by atoms with van der Waals surface area (Å²) < 4.78 is 10.6. The maximum absolute atomic E-state index is 12.7. The van der Waals surface area contributed by atoms with E-state index in [4.69, 9.17) is 9.47 Å². The second-order valence-electron chi connectivity index (χ2n) is 7.10. The van der Waals surface area contributed by atoms with Crippen LogP contribution in [0.25, 0.3) is 0 Å². The normalized spacial score (nSPS) is 15.1. The highest BCUT2D eigenvalue weighted by molar-refractivity contribution is 7.09. The molecule has 0 bridgehead atoms. The van der Waals surface area contributed by atoms with Crippen molar-refractivity contribution in [2.24, 2.45) is 0 Å². The summed E-state index contributed by atoms with van der Waals surface area (Å²) in [6.07, 6.45) is 0. The minimum Gasteiger partial charge on any atom is -0.493 e. The first-order valence-electron chi connectivity index (χ1n) is 9.51. The summed E-state index contributed by atoms with van der Waals surface area (Å²) >= 11 is 1.79. The predicted molar refractivity (Wildman–Crippen MR) is 112 cm³/mol. The summed E-state index contributed by atoms with van der Waals surface area (Å²) in [7, 11) is 5.23. The van der Waals surface area contributed by atoms with Crippen molar-refractivity contribution in [2.45, 2.75) is 13.1 Å². The molecule has 6 nitrogen and oxygen atoms in total. The van der Waals surface area contributed by atoms with Gasteiger partial charge in [-0.1, -0.05) is 12.1 Å². The van der Waals surface area contributed by atoms with E-state index in [9.17, 15) is 4.79 Å². The molecule has 1 aromatic carbocycles. The minimum atomic E-state index is 0.193. The zero-order chi connectivity index (χ0) is 19.9. The van der Waals surface area contributed by atoms with Crippen LogP contribution in [0.5, 0.6) is 11.5 Å². The van der Waals surface area contributed by atoms with Crippen LogP contribution in [0, 0.1) is 0 Å². The Balaban J connectivity index is 1.45. The fraction of sp³-hybridized carbons (Fsp3) is 0.476. The summed E-state index contributed by atoms with van der Waals surface area (Å²) in [5.74, 6) is 1.62. The summed E-state index contributed by atoms with van der Waals surface area (Å²) in [5, 5.41) is 2.11. The number of likely N-dealkylation sites (N-methyl/N-ethyl adjacent to an activating group) is 1. The highest BCUT2D eigenvalue weighted by Crippen LogP contribution is 2.27. The smallest absolute Gasteiger partial charge is 0.236 e. The average molecular weight is 404 g/mol. The maximum atomic E-state index is 12.7. The molecule has 1 fully saturated rings. The summed E-state index contributed by atoms with van der Waals surface area (Å²) in [4.78, 5) is 20.5. The third-order valence-electron chi connectivity index (χ3n) is 4.99. The molecule has 152 valence electrons. The molecular formula is C21H29N3O3S. The lowest BCUT2D eigenvalue weighted by Gasteiger charge is -2.35. The van der Waals surface area contributed by atoms with Crippen molar-refractivity contribution in [2.75, 3.05) is 54.0 Å². The number of piperazine rings is 1. The van der Waals surface area contributed by atoms with E-state index in [1.807, 2.05) is 35.0 Å². The lowest BCUT2D eigenvalue weighted by molar-refractivity contribution is -0.134. The number of thiophene rings is 1. The molecule has 1 aliphatic heterocycles. The molecule has 1 aliphatic rings. The number of nitrogens with zero attached hydrogens (tertiary/aromatic N) is 3. The van der Waals surface area contributed by atoms with Crippen molar-refractivity contribution < 1.29 is 14.3 Å². The van der Waals surface area contributed by atoms with Gasteiger partial charge in [-0.05, 0) is 36.2 Å². The van der Waals surface area contributed by atoms with Crippen LogP contribution >= 0.6 is 11.3 Å². The van der Waals surface area contributed by atoms with Crippen molar-refractivity contribution in [3.8, 4) is 11.5 Å². The predicted octanol–water partition coefficient (Wildman–Crippen LogP) is 2.54. The van der Waals surface area contributed by atoms with Crippen molar-refractivity contribution in [3.05, 3.63) is 46.2 Å². The van der Waals surface area contributed by atoms with Crippen LogP contribution in [-0.2, 0) is 17.9 Å². The lowest BCUT2D eigenvalue weighted by Crippen LogP contribution is -2.50. The van der Waals surface area contributed by atoms with Crippen molar-refractivity contribution in [1.82, 2.24) is 14.7 Å². The van der Waals surface area contributed by atoms with Gasteiger partial charge in [0.15, 0.2) is 11.5 Å². The Labute approximate surface area is 171 Å². The molecule has 0 atom stereocenters. The van der Waals surface area contributed by atoms with Gasteiger partial charge in [0.25, 0.3) is 0 Å². The number of benzene rings is 1. The quantitative estimate of drug-likeness (QED) is 0.678. The first-order chi connectivity index (χ1) is 13.6. The molecule has 2 aromatic rings. The molecule has 0 spiro atoms. The van der Waals surface area contributed by atoms with E-state index in [0.29, 0.717) is 24.6 Å². The van der Waals surface area contributed by atoms with Crippen LogP contribution in [-0.4, -0.2) is 74.6 Å². The number of rotatable bonds is 8. The Bertz CT molecular complexity index is 758. The zero-order valence-electron chi connectivity index (χ0n) is 16.9. The van der Waals surface area contributed by atoms with Gasteiger partial charge in [-0.3, -0.25) is 14.6 Å². The van der Waals surface area contributed by atoms with Crippen LogP contribution in [0.4, 0.5) is 0 Å². The largest absolute Gasteiger partial charge is 0.493 e. The van der Waals surface area contributed by atoms with E-state index in [2.05, 4.69) is 22.4 Å². The molecule has 0 saturated carbocycles. The molecule has 0 radical (unpaired) electrons. The number of hydrogen-bond acceptors (Lipinski definition) is 6. The molecule has 0 unspecified atom stereocenters. The van der Waals surface area contributed by atoms with Gasteiger partial charge in [0.2, 0.25) is 5.91 Å². The van der Waals surface area contributed by atoms with Crippen molar-refractivity contribution in [1.29, 1.82) is 0 Å². The fourth-order valence-electron chi connectivity index (χ4n) is 3.46. The van der Waals surface area contributed by atoms with Gasteiger partial charge in [-0.15, -0.1) is 11.3 Å². The van der Waals surface area contributed by atoms with Gasteiger partial charge in [-0.2, -0.15) is 0 Å². The second-order valence-corrected chi connectivity index (χ2v) is 8.13. The summed E-state index contributed by atoms with van der Waals surface area (Å²) in [6, 6.07) is 10.1. The first-order valence-corrected chi connectivity index (χ1v) is 10.4. The van der Waals surface area contributed by atoms with Crippen LogP contribution < -0.4 is 9.47 Å². The molecule has 1 amide bonds. The molecular weight excluding hydrogens is 374 g/mol. The standard InChI is InChI=1S/C21H29N3O3S/c1-22(14-17-6-7-19(26-2)20(13-17)27-3)16-21(25)24-10-8-23(9-11-24)15-18-5-4-12-28-18/h4-7,12-13H,8-11,14-16H2,1-3H3. The van der Waals surface area contributed by atoms with E-state index in [1.165, 1.54) is 4.88 Å². The maximum Gasteiger partial charge on any atom is 0.236 e. The van der Waals surface area contributed by atoms with E-state index < -0.39 is 0 Å². The number of methoxy groups -OCH3 is 2. The van der Waals surface area contributed by atoms with Gasteiger partial charge in [-0.25, -0.2) is 0 Å². The third-order valence-corrected chi connectivity index (χ3v) is 5.85. The van der Waals surface area contributed by atoms with Crippen molar-refractivity contribution in [3.63, 3.8) is 0 Å². The van der Waals surface area contributed by atoms with E-state index in [0.717, 1.165) is 38.3 Å². The van der Waals surface area contributed by atoms with Gasteiger partial charge in [0, 0.05) is 44.1 Å². The number of ether oxygens (including phenoxy) is 2. The monoisotopic (exact) mass is 403 g/mol. The molecule has 3 rings (SSSR count). The Hall–Kier alpha value is -2.09. The number of amides is 1. The molecule has 2 heterocycles. The number of carbonyl (C=O) groups is 1. The average Bonchev–Trinajstić information content (AvgIpc) is 3.21. The van der Waals surface area contributed by atoms with Gasteiger partial charge < -0.3 is 14.4 Å². The van der Waals surface area contributed by atoms with E-state index >= 15 is 0 Å². The Morgan fingerprint density at radius 2 is 1.86 bits per heavy atom. The van der Waals surface area contributed by atoms with Gasteiger partial charge in [0.1, 0.15) is 0 Å². The van der Waals surface area contributed by atoms with Gasteiger partial charge in [0.05, 0.1) is 20.8 Å². The van der Waals surface area contributed by atoms with E-state index in [-0.39, 0.29) is 5.91 Å². The summed E-state index contributed by atoms with van der Waals surface area (Å²) in [6.45, 7) is 5.55. The number of hydrogen-bond donors (Lipinski definition) is 0. The fourth-order valence-corrected chi connectivity index (χ4v) is 4.20. The molecule has 7 heteroatoms. The Morgan fingerprint density at radius 3 is 2.50 bits per heavy atom.